The fraction of sp³-hybridized carbons (Fsp3) is 0.771. The average molecular weight is 660 g/mol. The van der Waals surface area contributed by atoms with Crippen molar-refractivity contribution < 1.29 is 33.5 Å². The van der Waals surface area contributed by atoms with E-state index >= 15 is 0 Å². The number of Topliss-reactive ketones (excluding diaryl/α,β-unsaturated/α-hetero) is 1. The summed E-state index contributed by atoms with van der Waals surface area (Å²) in [6.45, 7) is 21.0. The molecule has 264 valence electrons. The zero-order chi connectivity index (χ0) is 35.5. The van der Waals surface area contributed by atoms with Gasteiger partial charge in [0.1, 0.15) is 17.7 Å². The summed E-state index contributed by atoms with van der Waals surface area (Å²) in [5.74, 6) is -3.17. The number of ketones is 1. The number of fused-ring (bicyclic) bond motifs is 1. The van der Waals surface area contributed by atoms with Crippen LogP contribution in [0.2, 0.25) is 0 Å². The topological polar surface area (TPSA) is 163 Å². The van der Waals surface area contributed by atoms with E-state index in [9.17, 15) is 28.8 Å². The maximum absolute atomic E-state index is 14.1. The summed E-state index contributed by atoms with van der Waals surface area (Å²) in [6, 6.07) is -3.45. The van der Waals surface area contributed by atoms with E-state index in [0.29, 0.717) is 13.0 Å². The van der Waals surface area contributed by atoms with E-state index in [4.69, 9.17) is 4.74 Å². The molecule has 0 spiro atoms. The highest BCUT2D eigenvalue weighted by atomic mass is 16.6. The first-order chi connectivity index (χ1) is 21.6. The molecule has 1 aliphatic heterocycles. The van der Waals surface area contributed by atoms with Crippen LogP contribution in [0.5, 0.6) is 0 Å². The van der Waals surface area contributed by atoms with Crippen LogP contribution in [-0.2, 0) is 28.7 Å². The largest absolute Gasteiger partial charge is 0.459 e. The molecule has 0 bridgehead atoms. The van der Waals surface area contributed by atoms with Gasteiger partial charge in [-0.1, -0.05) is 40.7 Å². The summed E-state index contributed by atoms with van der Waals surface area (Å²) < 4.78 is 5.59. The van der Waals surface area contributed by atoms with Gasteiger partial charge in [0.05, 0.1) is 12.5 Å². The predicted octanol–water partition coefficient (Wildman–Crippen LogP) is 3.38. The third-order valence-corrected chi connectivity index (χ3v) is 9.79. The van der Waals surface area contributed by atoms with Crippen molar-refractivity contribution in [2.24, 2.45) is 22.7 Å². The molecular weight excluding hydrogens is 602 g/mol. The monoisotopic (exact) mass is 659 g/mol. The number of nitrogens with zero attached hydrogens (tertiary/aromatic N) is 1. The van der Waals surface area contributed by atoms with Crippen molar-refractivity contribution in [2.75, 3.05) is 13.1 Å². The fourth-order valence-electron chi connectivity index (χ4n) is 7.02. The maximum atomic E-state index is 14.1. The number of esters is 1. The Bertz CT molecular complexity index is 1240. The van der Waals surface area contributed by atoms with Gasteiger partial charge in [0.2, 0.25) is 17.6 Å². The summed E-state index contributed by atoms with van der Waals surface area (Å²) in [7, 11) is 0. The van der Waals surface area contributed by atoms with Crippen molar-refractivity contribution in [1.82, 2.24) is 26.2 Å². The lowest BCUT2D eigenvalue weighted by atomic mass is 9.85. The maximum Gasteiger partial charge on any atom is 0.315 e. The Morgan fingerprint density at radius 3 is 2.15 bits per heavy atom. The number of urea groups is 1. The molecule has 2 unspecified atom stereocenters. The summed E-state index contributed by atoms with van der Waals surface area (Å²) in [4.78, 5) is 81.0. The van der Waals surface area contributed by atoms with Crippen molar-refractivity contribution in [3.05, 3.63) is 12.7 Å². The van der Waals surface area contributed by atoms with E-state index in [1.165, 1.54) is 4.90 Å². The molecule has 0 aromatic rings. The minimum atomic E-state index is -1.16. The molecule has 3 rings (SSSR count). The molecular formula is C35H57N5O7. The van der Waals surface area contributed by atoms with Crippen LogP contribution in [0.1, 0.15) is 107 Å². The highest BCUT2D eigenvalue weighted by Gasteiger charge is 2.70. The van der Waals surface area contributed by atoms with Crippen LogP contribution in [0.15, 0.2) is 12.7 Å². The number of allylic oxidation sites excluding steroid dienone is 1. The summed E-state index contributed by atoms with van der Waals surface area (Å²) in [5, 5.41) is 10.9. The first-order valence-electron chi connectivity index (χ1n) is 17.0. The lowest BCUT2D eigenvalue weighted by Gasteiger charge is -2.38. The fourth-order valence-corrected chi connectivity index (χ4v) is 7.02. The van der Waals surface area contributed by atoms with Crippen LogP contribution in [0.3, 0.4) is 0 Å². The van der Waals surface area contributed by atoms with Gasteiger partial charge in [-0.2, -0.15) is 0 Å². The summed E-state index contributed by atoms with van der Waals surface area (Å²) >= 11 is 0. The van der Waals surface area contributed by atoms with Crippen LogP contribution in [-0.4, -0.2) is 82.8 Å². The van der Waals surface area contributed by atoms with Crippen LogP contribution < -0.4 is 21.3 Å². The molecule has 2 saturated carbocycles. The van der Waals surface area contributed by atoms with Gasteiger partial charge in [-0.25, -0.2) is 4.79 Å². The van der Waals surface area contributed by atoms with Crippen LogP contribution >= 0.6 is 0 Å². The molecule has 4 N–H and O–H groups in total. The van der Waals surface area contributed by atoms with Gasteiger partial charge in [0.25, 0.3) is 5.91 Å². The van der Waals surface area contributed by atoms with Crippen LogP contribution in [0.25, 0.3) is 0 Å². The number of likely N-dealkylation sites (tertiary alicyclic amines) is 1. The van der Waals surface area contributed by atoms with Crippen molar-refractivity contribution >= 4 is 35.5 Å². The highest BCUT2D eigenvalue weighted by Crippen LogP contribution is 2.65. The van der Waals surface area contributed by atoms with E-state index in [-0.39, 0.29) is 42.5 Å². The number of ether oxygens (including phenoxy) is 1. The highest BCUT2D eigenvalue weighted by molar-refractivity contribution is 6.38. The van der Waals surface area contributed by atoms with Gasteiger partial charge in [0.15, 0.2) is 0 Å². The normalized spacial score (nSPS) is 23.9. The molecule has 12 nitrogen and oxygen atoms in total. The first-order valence-corrected chi connectivity index (χ1v) is 17.0. The second-order valence-corrected chi connectivity index (χ2v) is 16.5. The first kappa shape index (κ1) is 38.0. The second kappa shape index (κ2) is 14.4. The quantitative estimate of drug-likeness (QED) is 0.134. The number of amides is 5. The lowest BCUT2D eigenvalue weighted by Crippen LogP contribution is -2.62. The van der Waals surface area contributed by atoms with Gasteiger partial charge in [0, 0.05) is 18.6 Å². The SMILES string of the molecule is C=CCCC(NC(=O)[C@@H]1[C@@H]2C(CN1C(=O)[C@@H](NC(=O)NC(C)(C)C)C(C)(C)C)C2(C)C)C(=O)C(=O)NCCC(=O)OC1(C)CCCC1. The Morgan fingerprint density at radius 2 is 1.60 bits per heavy atom. The minimum absolute atomic E-state index is 0.0723. The third-order valence-electron chi connectivity index (χ3n) is 9.79. The van der Waals surface area contributed by atoms with Crippen molar-refractivity contribution in [3.63, 3.8) is 0 Å². The number of piperidine rings is 1. The van der Waals surface area contributed by atoms with E-state index in [2.05, 4.69) is 27.8 Å². The minimum Gasteiger partial charge on any atom is -0.459 e. The van der Waals surface area contributed by atoms with Gasteiger partial charge in [-0.3, -0.25) is 24.0 Å². The molecule has 5 amide bonds. The lowest BCUT2D eigenvalue weighted by molar-refractivity contribution is -0.157. The van der Waals surface area contributed by atoms with E-state index < -0.39 is 64.3 Å². The molecule has 3 fully saturated rings. The van der Waals surface area contributed by atoms with Crippen LogP contribution in [0, 0.1) is 22.7 Å². The zero-order valence-electron chi connectivity index (χ0n) is 29.8. The van der Waals surface area contributed by atoms with Crippen molar-refractivity contribution in [1.29, 1.82) is 0 Å². The van der Waals surface area contributed by atoms with E-state index in [1.807, 2.05) is 62.3 Å². The smallest absolute Gasteiger partial charge is 0.315 e. The van der Waals surface area contributed by atoms with E-state index in [1.54, 1.807) is 6.08 Å². The standard InChI is InChI=1S/C35H57N5O7/c1-11-12-15-22(26(42)29(44)36-19-16-23(41)47-35(10)17-13-14-18-35)37-28(43)25-24-21(34(24,8)9)20-40(25)30(45)27(32(2,3)4)38-31(46)39-33(5,6)7/h11,21-22,24-25,27H,1,12-20H2,2-10H3,(H,36,44)(H,37,43)(H2,38,39,46)/t21?,22?,24-,25-,27+/m0/s1. The molecule has 3 aliphatic rings. The number of hydrogen-bond donors (Lipinski definition) is 4. The third kappa shape index (κ3) is 9.56. The predicted molar refractivity (Wildman–Crippen MR) is 178 cm³/mol. The Hall–Kier alpha value is -3.44. The Balaban J connectivity index is 1.71. The van der Waals surface area contributed by atoms with Crippen molar-refractivity contribution in [3.8, 4) is 0 Å². The Labute approximate surface area is 279 Å². The Morgan fingerprint density at radius 1 is 0.979 bits per heavy atom. The molecule has 1 saturated heterocycles. The molecule has 2 aliphatic carbocycles. The molecule has 0 aromatic heterocycles. The van der Waals surface area contributed by atoms with Crippen molar-refractivity contribution in [2.45, 2.75) is 137 Å². The average Bonchev–Trinajstić information content (AvgIpc) is 3.30. The van der Waals surface area contributed by atoms with Crippen LogP contribution in [0.4, 0.5) is 4.79 Å². The summed E-state index contributed by atoms with van der Waals surface area (Å²) in [6.07, 6.45) is 5.62. The Kier molecular flexibility index (Phi) is 11.6. The number of hydrogen-bond acceptors (Lipinski definition) is 7. The number of carbonyl (C=O) groups is 6. The molecule has 5 atom stereocenters. The number of carbonyl (C=O) groups excluding carboxylic acids is 6. The van der Waals surface area contributed by atoms with Gasteiger partial charge in [-0.15, -0.1) is 6.58 Å². The molecule has 47 heavy (non-hydrogen) atoms. The van der Waals surface area contributed by atoms with Gasteiger partial charge < -0.3 is 30.9 Å². The summed E-state index contributed by atoms with van der Waals surface area (Å²) in [5.41, 5.74) is -1.87. The number of rotatable bonds is 13. The van der Waals surface area contributed by atoms with Gasteiger partial charge >= 0.3 is 12.0 Å². The molecule has 1 heterocycles. The van der Waals surface area contributed by atoms with Gasteiger partial charge in [-0.05, 0) is 88.9 Å². The molecule has 0 aromatic carbocycles. The molecule has 12 heteroatoms. The molecule has 0 radical (unpaired) electrons. The second-order valence-electron chi connectivity index (χ2n) is 16.5. The zero-order valence-corrected chi connectivity index (χ0v) is 29.8. The van der Waals surface area contributed by atoms with E-state index in [0.717, 1.165) is 25.7 Å². The number of nitrogens with one attached hydrogen (secondary N) is 4.